The van der Waals surface area contributed by atoms with E-state index >= 15 is 0 Å². The summed E-state index contributed by atoms with van der Waals surface area (Å²) < 4.78 is 4.96. The molecule has 0 radical (unpaired) electrons. The van der Waals surface area contributed by atoms with Crippen LogP contribution in [0.25, 0.3) is 17.5 Å². The zero-order valence-electron chi connectivity index (χ0n) is 17.4. The summed E-state index contributed by atoms with van der Waals surface area (Å²) in [6.45, 7) is 2.94. The Morgan fingerprint density at radius 2 is 2.00 bits per heavy atom. The van der Waals surface area contributed by atoms with E-state index in [-0.39, 0.29) is 18.5 Å². The number of hydrogen-bond donors (Lipinski definition) is 1. The molecule has 0 unspecified atom stereocenters. The number of ether oxygens (including phenoxy) is 1. The van der Waals surface area contributed by atoms with Gasteiger partial charge in [-0.05, 0) is 18.9 Å². The standard InChI is InChI=1S/C23H23N5O3/c1-15(29)28(21-13-20(26-27-21)17-10-11-17)23-19(9-6-12-31-16(2)30)14-24-22(25-23)18-7-4-3-5-8-18/h3-9,13-14,17H,10-12H2,1-2H3,(H,26,27)/b9-6+. The van der Waals surface area contributed by atoms with Gasteiger partial charge in [-0.15, -0.1) is 0 Å². The van der Waals surface area contributed by atoms with Gasteiger partial charge in [0, 0.05) is 48.8 Å². The molecule has 1 aliphatic carbocycles. The predicted molar refractivity (Wildman–Crippen MR) is 117 cm³/mol. The average Bonchev–Trinajstić information content (AvgIpc) is 3.50. The van der Waals surface area contributed by atoms with Crippen molar-refractivity contribution in [3.05, 3.63) is 59.9 Å². The van der Waals surface area contributed by atoms with Crippen LogP contribution >= 0.6 is 0 Å². The van der Waals surface area contributed by atoms with Crippen molar-refractivity contribution in [1.82, 2.24) is 20.2 Å². The minimum absolute atomic E-state index is 0.115. The van der Waals surface area contributed by atoms with Gasteiger partial charge in [-0.3, -0.25) is 14.7 Å². The van der Waals surface area contributed by atoms with E-state index in [4.69, 9.17) is 9.72 Å². The molecule has 2 heterocycles. The number of aromatic nitrogens is 4. The second-order valence-electron chi connectivity index (χ2n) is 7.35. The molecule has 0 bridgehead atoms. The number of carbonyl (C=O) groups is 2. The van der Waals surface area contributed by atoms with Gasteiger partial charge in [-0.2, -0.15) is 5.10 Å². The van der Waals surface area contributed by atoms with Crippen LogP contribution in [0.5, 0.6) is 0 Å². The van der Waals surface area contributed by atoms with Gasteiger partial charge in [0.2, 0.25) is 5.91 Å². The number of benzene rings is 1. The SMILES string of the molecule is CC(=O)OC/C=C/c1cnc(-c2ccccc2)nc1N(C(C)=O)c1cc(C2CC2)[nH]n1. The highest BCUT2D eigenvalue weighted by atomic mass is 16.5. The van der Waals surface area contributed by atoms with Crippen LogP contribution in [0, 0.1) is 0 Å². The van der Waals surface area contributed by atoms with Gasteiger partial charge < -0.3 is 4.74 Å². The van der Waals surface area contributed by atoms with Crippen molar-refractivity contribution in [1.29, 1.82) is 0 Å². The molecule has 1 N–H and O–H groups in total. The fourth-order valence-electron chi connectivity index (χ4n) is 3.21. The molecule has 4 rings (SSSR count). The summed E-state index contributed by atoms with van der Waals surface area (Å²) in [5, 5.41) is 7.41. The highest BCUT2D eigenvalue weighted by Gasteiger charge is 2.28. The lowest BCUT2D eigenvalue weighted by atomic mass is 10.2. The third kappa shape index (κ3) is 4.85. The van der Waals surface area contributed by atoms with Crippen molar-refractivity contribution >= 4 is 29.6 Å². The highest BCUT2D eigenvalue weighted by molar-refractivity contribution is 5.99. The van der Waals surface area contributed by atoms with E-state index < -0.39 is 0 Å². The van der Waals surface area contributed by atoms with Gasteiger partial charge in [0.1, 0.15) is 6.61 Å². The summed E-state index contributed by atoms with van der Waals surface area (Å²) in [5.41, 5.74) is 2.46. The maximum Gasteiger partial charge on any atom is 0.302 e. The molecule has 8 nitrogen and oxygen atoms in total. The first kappa shape index (κ1) is 20.5. The Hall–Kier alpha value is -3.81. The van der Waals surface area contributed by atoms with Crippen LogP contribution in [0.4, 0.5) is 11.6 Å². The number of nitrogens with one attached hydrogen (secondary N) is 1. The van der Waals surface area contributed by atoms with Crippen LogP contribution in [-0.4, -0.2) is 38.6 Å². The molecule has 31 heavy (non-hydrogen) atoms. The molecule has 0 atom stereocenters. The van der Waals surface area contributed by atoms with Crippen molar-refractivity contribution in [3.8, 4) is 11.4 Å². The van der Waals surface area contributed by atoms with Crippen LogP contribution in [0.3, 0.4) is 0 Å². The summed E-state index contributed by atoms with van der Waals surface area (Å²) in [6, 6.07) is 11.4. The summed E-state index contributed by atoms with van der Waals surface area (Å²) in [7, 11) is 0. The predicted octanol–water partition coefficient (Wildman–Crippen LogP) is 4.01. The van der Waals surface area contributed by atoms with Crippen molar-refractivity contribution in [3.63, 3.8) is 0 Å². The Bertz CT molecular complexity index is 1120. The average molecular weight is 417 g/mol. The molecule has 2 aromatic heterocycles. The fourth-order valence-corrected chi connectivity index (χ4v) is 3.21. The molecule has 1 aromatic carbocycles. The molecule has 1 amide bonds. The monoisotopic (exact) mass is 417 g/mol. The van der Waals surface area contributed by atoms with Crippen molar-refractivity contribution in [2.75, 3.05) is 11.5 Å². The normalized spacial score (nSPS) is 13.4. The molecular weight excluding hydrogens is 394 g/mol. The van der Waals surface area contributed by atoms with E-state index in [1.807, 2.05) is 36.4 Å². The van der Waals surface area contributed by atoms with E-state index in [0.29, 0.717) is 28.9 Å². The van der Waals surface area contributed by atoms with Gasteiger partial charge in [0.15, 0.2) is 17.5 Å². The topological polar surface area (TPSA) is 101 Å². The van der Waals surface area contributed by atoms with Crippen LogP contribution in [0.15, 0.2) is 48.7 Å². The Morgan fingerprint density at radius 1 is 1.23 bits per heavy atom. The maximum absolute atomic E-state index is 12.7. The van der Waals surface area contributed by atoms with Crippen LogP contribution in [-0.2, 0) is 14.3 Å². The fraction of sp³-hybridized carbons (Fsp3) is 0.261. The molecule has 1 fully saturated rings. The number of anilines is 2. The molecule has 0 aliphatic heterocycles. The van der Waals surface area contributed by atoms with Crippen molar-refractivity contribution in [2.24, 2.45) is 0 Å². The second-order valence-corrected chi connectivity index (χ2v) is 7.35. The highest BCUT2D eigenvalue weighted by Crippen LogP contribution is 2.40. The van der Waals surface area contributed by atoms with E-state index in [0.717, 1.165) is 24.1 Å². The van der Waals surface area contributed by atoms with Crippen LogP contribution < -0.4 is 4.90 Å². The number of nitrogens with zero attached hydrogens (tertiary/aromatic N) is 4. The Kier molecular flexibility index (Phi) is 5.88. The molecule has 8 heteroatoms. The van der Waals surface area contributed by atoms with Gasteiger partial charge in [-0.1, -0.05) is 36.4 Å². The summed E-state index contributed by atoms with van der Waals surface area (Å²) in [6.07, 6.45) is 7.32. The number of esters is 1. The number of aromatic amines is 1. The molecule has 0 spiro atoms. The van der Waals surface area contributed by atoms with Gasteiger partial charge in [0.25, 0.3) is 0 Å². The van der Waals surface area contributed by atoms with E-state index in [2.05, 4.69) is 15.2 Å². The number of H-pyrrole nitrogens is 1. The minimum atomic E-state index is -0.366. The number of carbonyl (C=O) groups excluding carboxylic acids is 2. The van der Waals surface area contributed by atoms with E-state index in [1.165, 1.54) is 18.7 Å². The largest absolute Gasteiger partial charge is 0.462 e. The van der Waals surface area contributed by atoms with E-state index in [9.17, 15) is 9.59 Å². The lowest BCUT2D eigenvalue weighted by Crippen LogP contribution is -2.25. The summed E-state index contributed by atoms with van der Waals surface area (Å²) >= 11 is 0. The van der Waals surface area contributed by atoms with Crippen molar-refractivity contribution < 1.29 is 14.3 Å². The number of hydrogen-bond acceptors (Lipinski definition) is 6. The third-order valence-electron chi connectivity index (χ3n) is 4.87. The quantitative estimate of drug-likeness (QED) is 0.583. The molecule has 158 valence electrons. The van der Waals surface area contributed by atoms with E-state index in [1.54, 1.807) is 18.3 Å². The first-order valence-electron chi connectivity index (χ1n) is 10.1. The minimum Gasteiger partial charge on any atom is -0.462 e. The molecule has 1 aliphatic rings. The molecule has 3 aromatic rings. The van der Waals surface area contributed by atoms with Gasteiger partial charge >= 0.3 is 5.97 Å². The molecule has 0 saturated heterocycles. The smallest absolute Gasteiger partial charge is 0.302 e. The summed E-state index contributed by atoms with van der Waals surface area (Å²) in [4.78, 5) is 34.3. The lowest BCUT2D eigenvalue weighted by Gasteiger charge is -2.20. The van der Waals surface area contributed by atoms with Gasteiger partial charge in [-0.25, -0.2) is 14.9 Å². The zero-order valence-corrected chi connectivity index (χ0v) is 17.4. The Balaban J connectivity index is 1.75. The molecule has 1 saturated carbocycles. The lowest BCUT2D eigenvalue weighted by molar-refractivity contribution is -0.139. The maximum atomic E-state index is 12.7. The van der Waals surface area contributed by atoms with Gasteiger partial charge in [0.05, 0.1) is 0 Å². The number of amides is 1. The van der Waals surface area contributed by atoms with Crippen molar-refractivity contribution in [2.45, 2.75) is 32.6 Å². The second kappa shape index (κ2) is 8.91. The Labute approximate surface area is 180 Å². The first-order valence-corrected chi connectivity index (χ1v) is 10.1. The third-order valence-corrected chi connectivity index (χ3v) is 4.87. The first-order chi connectivity index (χ1) is 15.0. The van der Waals surface area contributed by atoms with Crippen LogP contribution in [0.1, 0.15) is 43.9 Å². The number of rotatable bonds is 7. The summed E-state index contributed by atoms with van der Waals surface area (Å²) in [5.74, 6) is 1.28. The molecular formula is C23H23N5O3. The zero-order chi connectivity index (χ0) is 21.8. The Morgan fingerprint density at radius 3 is 2.68 bits per heavy atom. The van der Waals surface area contributed by atoms with Crippen LogP contribution in [0.2, 0.25) is 0 Å².